The van der Waals surface area contributed by atoms with Crippen molar-refractivity contribution in [1.29, 1.82) is 0 Å². The summed E-state index contributed by atoms with van der Waals surface area (Å²) in [5.41, 5.74) is -0.0951. The van der Waals surface area contributed by atoms with Crippen LogP contribution in [0.1, 0.15) is 64.4 Å². The largest absolute Gasteiger partial charge is 0.482 e. The summed E-state index contributed by atoms with van der Waals surface area (Å²) in [5, 5.41) is 16.1. The maximum atomic E-state index is 13.6. The van der Waals surface area contributed by atoms with Crippen molar-refractivity contribution < 1.29 is 43.3 Å². The van der Waals surface area contributed by atoms with Gasteiger partial charge in [-0.1, -0.05) is 62.4 Å². The Balaban J connectivity index is 1.77. The second-order valence-corrected chi connectivity index (χ2v) is 11.3. The van der Waals surface area contributed by atoms with Gasteiger partial charge in [-0.15, -0.1) is 0 Å². The van der Waals surface area contributed by atoms with Crippen LogP contribution in [-0.4, -0.2) is 71.2 Å². The average molecular weight is 586 g/mol. The third-order valence-electron chi connectivity index (χ3n) is 7.07. The predicted octanol–water partition coefficient (Wildman–Crippen LogP) is 1.57. The van der Waals surface area contributed by atoms with Gasteiger partial charge in [-0.3, -0.25) is 28.8 Å². The number of ketones is 2. The van der Waals surface area contributed by atoms with Gasteiger partial charge in [-0.25, -0.2) is 0 Å². The van der Waals surface area contributed by atoms with Gasteiger partial charge in [-0.05, 0) is 31.7 Å². The Labute approximate surface area is 244 Å². The maximum absolute atomic E-state index is 13.6. The van der Waals surface area contributed by atoms with Crippen LogP contribution in [0.25, 0.3) is 0 Å². The third kappa shape index (κ3) is 10.4. The number of aliphatic carboxylic acids is 1. The molecule has 1 aliphatic heterocycles. The normalized spacial score (nSPS) is 18.0. The molecule has 228 valence electrons. The van der Waals surface area contributed by atoms with Gasteiger partial charge < -0.3 is 30.5 Å². The summed E-state index contributed by atoms with van der Waals surface area (Å²) in [6, 6.07) is 6.50. The van der Waals surface area contributed by atoms with Crippen molar-refractivity contribution in [3.63, 3.8) is 0 Å². The van der Waals surface area contributed by atoms with Gasteiger partial charge >= 0.3 is 5.97 Å². The molecule has 3 rings (SSSR count). The second-order valence-electron chi connectivity index (χ2n) is 11.3. The number of nitrogens with one attached hydrogen (secondary N) is 3. The highest BCUT2D eigenvalue weighted by molar-refractivity contribution is 6.38. The summed E-state index contributed by atoms with van der Waals surface area (Å²) in [7, 11) is 0. The standard InChI is InChI=1S/C30H39N3O9/c1-30(2)15-21(34)14-24(42-30)28(39)32-22(13-19-9-5-3-6-10-19)27(38)33-23(26(37)29(40)31-16-25(35)36)18-41-17-20-11-7-4-8-12-20/h4,7-8,11-12,14,19,22-23H,3,5-6,9-10,13,15-18H2,1-2H3,(H,31,40)(H,32,39)(H,33,38)(H,35,36)/t22-,23?/m1/s1. The molecule has 2 atom stereocenters. The molecule has 0 saturated heterocycles. The summed E-state index contributed by atoms with van der Waals surface area (Å²) in [5.74, 6) is -5.43. The maximum Gasteiger partial charge on any atom is 0.322 e. The smallest absolute Gasteiger partial charge is 0.322 e. The first-order valence-corrected chi connectivity index (χ1v) is 14.1. The Kier molecular flexibility index (Phi) is 11.8. The fourth-order valence-corrected chi connectivity index (χ4v) is 5.03. The first kappa shape index (κ1) is 32.5. The lowest BCUT2D eigenvalue weighted by Crippen LogP contribution is -2.56. The van der Waals surface area contributed by atoms with Gasteiger partial charge in [0.2, 0.25) is 11.7 Å². The van der Waals surface area contributed by atoms with Crippen molar-refractivity contribution in [2.75, 3.05) is 13.2 Å². The van der Waals surface area contributed by atoms with Crippen molar-refractivity contribution in [1.82, 2.24) is 16.0 Å². The molecular formula is C30H39N3O9. The molecule has 42 heavy (non-hydrogen) atoms. The van der Waals surface area contributed by atoms with Crippen LogP contribution in [0.4, 0.5) is 0 Å². The van der Waals surface area contributed by atoms with Crippen molar-refractivity contribution in [3.05, 3.63) is 47.7 Å². The summed E-state index contributed by atoms with van der Waals surface area (Å²) in [4.78, 5) is 75.2. The number of ether oxygens (including phenoxy) is 2. The number of benzene rings is 1. The molecule has 4 N–H and O–H groups in total. The van der Waals surface area contributed by atoms with Gasteiger partial charge in [0.15, 0.2) is 11.5 Å². The first-order valence-electron chi connectivity index (χ1n) is 14.1. The highest BCUT2D eigenvalue weighted by Gasteiger charge is 2.36. The van der Waals surface area contributed by atoms with Crippen LogP contribution >= 0.6 is 0 Å². The zero-order valence-electron chi connectivity index (χ0n) is 24.0. The van der Waals surface area contributed by atoms with Gasteiger partial charge in [0.25, 0.3) is 11.8 Å². The molecule has 2 aliphatic rings. The number of carbonyl (C=O) groups is 6. The quantitative estimate of drug-likeness (QED) is 0.236. The minimum Gasteiger partial charge on any atom is -0.482 e. The van der Waals surface area contributed by atoms with E-state index in [0.29, 0.717) is 0 Å². The summed E-state index contributed by atoms with van der Waals surface area (Å²) in [6.07, 6.45) is 6.27. The van der Waals surface area contributed by atoms with Crippen LogP contribution in [-0.2, 0) is 44.8 Å². The molecule has 1 heterocycles. The van der Waals surface area contributed by atoms with Crippen LogP contribution in [0.15, 0.2) is 42.2 Å². The van der Waals surface area contributed by atoms with Crippen molar-refractivity contribution in [2.45, 2.75) is 83.1 Å². The van der Waals surface area contributed by atoms with Crippen molar-refractivity contribution in [3.8, 4) is 0 Å². The van der Waals surface area contributed by atoms with Crippen LogP contribution < -0.4 is 16.0 Å². The Bertz CT molecular complexity index is 1190. The molecule has 1 aromatic carbocycles. The van der Waals surface area contributed by atoms with E-state index in [0.717, 1.165) is 43.7 Å². The van der Waals surface area contributed by atoms with E-state index in [-0.39, 0.29) is 43.5 Å². The molecule has 1 aliphatic carbocycles. The molecule has 1 fully saturated rings. The van der Waals surface area contributed by atoms with Crippen LogP contribution in [0.2, 0.25) is 0 Å². The van der Waals surface area contributed by atoms with E-state index in [4.69, 9.17) is 14.6 Å². The van der Waals surface area contributed by atoms with E-state index in [9.17, 15) is 28.8 Å². The predicted molar refractivity (Wildman–Crippen MR) is 150 cm³/mol. The molecule has 3 amide bonds. The molecule has 0 aromatic heterocycles. The number of rotatable bonds is 14. The Hall–Kier alpha value is -4.06. The number of hydrogen-bond donors (Lipinski definition) is 4. The van der Waals surface area contributed by atoms with E-state index in [1.54, 1.807) is 38.1 Å². The van der Waals surface area contributed by atoms with Crippen molar-refractivity contribution >= 4 is 35.3 Å². The fraction of sp³-hybridized carbons (Fsp3) is 0.533. The van der Waals surface area contributed by atoms with Crippen molar-refractivity contribution in [2.24, 2.45) is 5.92 Å². The van der Waals surface area contributed by atoms with Crippen LogP contribution in [0.5, 0.6) is 0 Å². The Morgan fingerprint density at radius 3 is 2.36 bits per heavy atom. The molecule has 12 nitrogen and oxygen atoms in total. The minimum absolute atomic E-state index is 0.0920. The van der Waals surface area contributed by atoms with Gasteiger partial charge in [0, 0.05) is 12.5 Å². The molecule has 12 heteroatoms. The van der Waals surface area contributed by atoms with Gasteiger partial charge in [-0.2, -0.15) is 0 Å². The summed E-state index contributed by atoms with van der Waals surface area (Å²) >= 11 is 0. The number of hydrogen-bond acceptors (Lipinski definition) is 8. The number of carbonyl (C=O) groups excluding carboxylic acids is 5. The molecule has 1 unspecified atom stereocenters. The first-order chi connectivity index (χ1) is 19.9. The number of allylic oxidation sites excluding steroid dienone is 1. The second kappa shape index (κ2) is 15.2. The van der Waals surface area contributed by atoms with E-state index in [1.165, 1.54) is 0 Å². The van der Waals surface area contributed by atoms with E-state index in [2.05, 4.69) is 10.6 Å². The Morgan fingerprint density at radius 2 is 1.71 bits per heavy atom. The average Bonchev–Trinajstić information content (AvgIpc) is 2.94. The lowest BCUT2D eigenvalue weighted by Gasteiger charge is -2.31. The Morgan fingerprint density at radius 1 is 1.02 bits per heavy atom. The van der Waals surface area contributed by atoms with E-state index in [1.807, 2.05) is 11.4 Å². The van der Waals surface area contributed by atoms with Gasteiger partial charge in [0.1, 0.15) is 24.2 Å². The molecule has 1 aromatic rings. The van der Waals surface area contributed by atoms with E-state index >= 15 is 0 Å². The molecule has 0 spiro atoms. The molecule has 0 bridgehead atoms. The zero-order valence-corrected chi connectivity index (χ0v) is 24.0. The van der Waals surface area contributed by atoms with E-state index < -0.39 is 53.7 Å². The summed E-state index contributed by atoms with van der Waals surface area (Å²) < 4.78 is 11.3. The third-order valence-corrected chi connectivity index (χ3v) is 7.07. The fourth-order valence-electron chi connectivity index (χ4n) is 5.03. The number of Topliss-reactive ketones (excluding diaryl/α,β-unsaturated/α-hetero) is 1. The topological polar surface area (TPSA) is 177 Å². The SMILES string of the molecule is CC1(C)CC(=O)C=C(C(=O)N[C@H](CC2CCCCC2)C(=O)NC(COCc2ccccc2)C(=O)C(=O)NCC(=O)O)O1. The van der Waals surface area contributed by atoms with Gasteiger partial charge in [0.05, 0.1) is 13.2 Å². The lowest BCUT2D eigenvalue weighted by atomic mass is 9.84. The molecule has 0 radical (unpaired) electrons. The van der Waals surface area contributed by atoms with Crippen LogP contribution in [0, 0.1) is 5.92 Å². The number of amides is 3. The summed E-state index contributed by atoms with van der Waals surface area (Å²) in [6.45, 7) is 2.30. The molecular weight excluding hydrogens is 546 g/mol. The monoisotopic (exact) mass is 585 g/mol. The van der Waals surface area contributed by atoms with Crippen LogP contribution in [0.3, 0.4) is 0 Å². The lowest BCUT2D eigenvalue weighted by molar-refractivity contribution is -0.143. The highest BCUT2D eigenvalue weighted by atomic mass is 16.5. The zero-order chi connectivity index (χ0) is 30.7. The highest BCUT2D eigenvalue weighted by Crippen LogP contribution is 2.28. The molecule has 1 saturated carbocycles. The minimum atomic E-state index is -1.45. The number of carboxylic acid groups (broad SMARTS) is 1. The number of carboxylic acids is 1.